The summed E-state index contributed by atoms with van der Waals surface area (Å²) in [6.45, 7) is 4.51. The van der Waals surface area contributed by atoms with Crippen molar-refractivity contribution in [3.8, 4) is 0 Å². The highest BCUT2D eigenvalue weighted by Crippen LogP contribution is 2.28. The number of sulfonamides is 1. The van der Waals surface area contributed by atoms with Gasteiger partial charge in [-0.05, 0) is 56.3 Å². The van der Waals surface area contributed by atoms with Crippen LogP contribution < -0.4 is 4.72 Å². The third kappa shape index (κ3) is 3.24. The van der Waals surface area contributed by atoms with Gasteiger partial charge >= 0.3 is 0 Å². The van der Waals surface area contributed by atoms with Crippen LogP contribution in [-0.2, 0) is 16.6 Å². The molecule has 0 fully saturated rings. The minimum Gasteiger partial charge on any atom is -0.261 e. The fraction of sp³-hybridized carbons (Fsp3) is 0.158. The summed E-state index contributed by atoms with van der Waals surface area (Å²) in [5.41, 5.74) is 2.59. The average Bonchev–Trinajstić information content (AvgIpc) is 2.96. The number of nitrogens with zero attached hydrogens (tertiary/aromatic N) is 3. The van der Waals surface area contributed by atoms with Crippen LogP contribution in [0.2, 0.25) is 5.02 Å². The molecular formula is C19H17ClN4O2S. The second-order valence-electron chi connectivity index (χ2n) is 6.28. The Balaban J connectivity index is 1.86. The van der Waals surface area contributed by atoms with Gasteiger partial charge < -0.3 is 0 Å². The number of benzene rings is 2. The van der Waals surface area contributed by atoms with Gasteiger partial charge in [0.1, 0.15) is 0 Å². The van der Waals surface area contributed by atoms with Crippen LogP contribution in [0.4, 0.5) is 5.82 Å². The summed E-state index contributed by atoms with van der Waals surface area (Å²) in [7, 11) is -3.79. The van der Waals surface area contributed by atoms with E-state index in [1.165, 1.54) is 24.3 Å². The topological polar surface area (TPSA) is 76.9 Å². The molecule has 0 aliphatic heterocycles. The molecule has 1 N–H and O–H groups in total. The fourth-order valence-corrected chi connectivity index (χ4v) is 4.12. The third-order valence-corrected chi connectivity index (χ3v) is 5.93. The van der Waals surface area contributed by atoms with E-state index < -0.39 is 10.0 Å². The quantitative estimate of drug-likeness (QED) is 0.552. The first-order valence-corrected chi connectivity index (χ1v) is 10.3. The minimum absolute atomic E-state index is 0.121. The fourth-order valence-electron chi connectivity index (χ4n) is 2.97. The molecule has 0 radical (unpaired) electrons. The largest absolute Gasteiger partial charge is 0.263 e. The molecule has 2 heterocycles. The molecule has 0 spiro atoms. The number of halogens is 1. The summed E-state index contributed by atoms with van der Waals surface area (Å²) >= 11 is 5.85. The highest BCUT2D eigenvalue weighted by Gasteiger charge is 2.20. The molecule has 2 aromatic heterocycles. The standard InChI is InChI=1S/C19H17ClN4O2S/c1-3-24-19-16(11-13-10-12(2)4-9-17(13)21-19)18(22-24)23-27(25,26)15-7-5-14(20)6-8-15/h4-11H,3H2,1-2H3,(H,22,23). The van der Waals surface area contributed by atoms with E-state index in [0.29, 0.717) is 22.6 Å². The Labute approximate surface area is 161 Å². The zero-order chi connectivity index (χ0) is 19.2. The number of rotatable bonds is 4. The lowest BCUT2D eigenvalue weighted by molar-refractivity contribution is 0.600. The van der Waals surface area contributed by atoms with Gasteiger partial charge in [-0.1, -0.05) is 23.2 Å². The van der Waals surface area contributed by atoms with Crippen molar-refractivity contribution in [3.05, 3.63) is 59.1 Å². The Bertz CT molecular complexity index is 1260. The lowest BCUT2D eigenvalue weighted by Gasteiger charge is -2.06. The van der Waals surface area contributed by atoms with Gasteiger partial charge in [-0.15, -0.1) is 0 Å². The second-order valence-corrected chi connectivity index (χ2v) is 8.40. The molecule has 0 atom stereocenters. The van der Waals surface area contributed by atoms with Crippen LogP contribution in [0.1, 0.15) is 12.5 Å². The molecule has 4 aromatic rings. The molecule has 0 aliphatic rings. The van der Waals surface area contributed by atoms with Crippen molar-refractivity contribution in [3.63, 3.8) is 0 Å². The molecule has 0 bridgehead atoms. The highest BCUT2D eigenvalue weighted by molar-refractivity contribution is 7.92. The van der Waals surface area contributed by atoms with Gasteiger partial charge in [0, 0.05) is 17.0 Å². The molecule has 2 aromatic carbocycles. The van der Waals surface area contributed by atoms with Crippen molar-refractivity contribution in [2.45, 2.75) is 25.3 Å². The molecule has 0 saturated carbocycles. The summed E-state index contributed by atoms with van der Waals surface area (Å²) in [6.07, 6.45) is 0. The average molecular weight is 401 g/mol. The molecule has 138 valence electrons. The maximum Gasteiger partial charge on any atom is 0.263 e. The minimum atomic E-state index is -3.79. The number of anilines is 1. The maximum absolute atomic E-state index is 12.7. The van der Waals surface area contributed by atoms with E-state index in [1.807, 2.05) is 38.1 Å². The van der Waals surface area contributed by atoms with E-state index in [0.717, 1.165) is 16.5 Å². The lowest BCUT2D eigenvalue weighted by Crippen LogP contribution is -2.13. The summed E-state index contributed by atoms with van der Waals surface area (Å²) in [5, 5.41) is 6.49. The normalized spacial score (nSPS) is 12.0. The summed E-state index contributed by atoms with van der Waals surface area (Å²) in [5.74, 6) is 0.262. The van der Waals surface area contributed by atoms with E-state index in [2.05, 4.69) is 14.8 Å². The van der Waals surface area contributed by atoms with Crippen molar-refractivity contribution in [1.82, 2.24) is 14.8 Å². The van der Waals surface area contributed by atoms with Crippen LogP contribution in [0.15, 0.2) is 53.4 Å². The SMILES string of the molecule is CCn1nc(NS(=O)(=O)c2ccc(Cl)cc2)c2cc3cc(C)ccc3nc21. The molecule has 0 amide bonds. The first-order chi connectivity index (χ1) is 12.9. The third-order valence-electron chi connectivity index (χ3n) is 4.32. The monoisotopic (exact) mass is 400 g/mol. The lowest BCUT2D eigenvalue weighted by atomic mass is 10.1. The number of nitrogens with one attached hydrogen (secondary N) is 1. The second kappa shape index (κ2) is 6.51. The molecule has 8 heteroatoms. The van der Waals surface area contributed by atoms with Gasteiger partial charge in [0.2, 0.25) is 0 Å². The van der Waals surface area contributed by atoms with Gasteiger partial charge in [0.05, 0.1) is 15.8 Å². The van der Waals surface area contributed by atoms with Gasteiger partial charge in [0.25, 0.3) is 10.0 Å². The van der Waals surface area contributed by atoms with Crippen LogP contribution in [0.5, 0.6) is 0 Å². The Hall–Kier alpha value is -2.64. The number of pyridine rings is 1. The van der Waals surface area contributed by atoms with E-state index >= 15 is 0 Å². The molecule has 0 unspecified atom stereocenters. The van der Waals surface area contributed by atoms with E-state index in [4.69, 9.17) is 11.6 Å². The summed E-state index contributed by atoms with van der Waals surface area (Å²) in [4.78, 5) is 4.79. The molecule has 0 saturated heterocycles. The molecular weight excluding hydrogens is 384 g/mol. The zero-order valence-corrected chi connectivity index (χ0v) is 16.3. The van der Waals surface area contributed by atoms with Gasteiger partial charge in [-0.3, -0.25) is 4.72 Å². The number of aryl methyl sites for hydroxylation is 2. The number of aromatic nitrogens is 3. The predicted molar refractivity (Wildman–Crippen MR) is 108 cm³/mol. The highest BCUT2D eigenvalue weighted by atomic mass is 35.5. The van der Waals surface area contributed by atoms with E-state index in [-0.39, 0.29) is 10.7 Å². The number of hydrogen-bond donors (Lipinski definition) is 1. The van der Waals surface area contributed by atoms with Crippen LogP contribution >= 0.6 is 11.6 Å². The Morgan fingerprint density at radius 2 is 1.85 bits per heavy atom. The van der Waals surface area contributed by atoms with Crippen LogP contribution in [-0.4, -0.2) is 23.2 Å². The van der Waals surface area contributed by atoms with E-state index in [1.54, 1.807) is 4.68 Å². The van der Waals surface area contributed by atoms with Crippen molar-refractivity contribution in [2.75, 3.05) is 4.72 Å². The Kier molecular flexibility index (Phi) is 4.28. The van der Waals surface area contributed by atoms with Crippen LogP contribution in [0, 0.1) is 6.92 Å². The molecule has 0 aliphatic carbocycles. The van der Waals surface area contributed by atoms with Crippen molar-refractivity contribution in [1.29, 1.82) is 0 Å². The van der Waals surface area contributed by atoms with Crippen molar-refractivity contribution < 1.29 is 8.42 Å². The maximum atomic E-state index is 12.7. The number of fused-ring (bicyclic) bond motifs is 2. The Morgan fingerprint density at radius 3 is 2.56 bits per heavy atom. The van der Waals surface area contributed by atoms with Gasteiger partial charge in [0.15, 0.2) is 11.5 Å². The van der Waals surface area contributed by atoms with Crippen LogP contribution in [0.3, 0.4) is 0 Å². The van der Waals surface area contributed by atoms with Crippen molar-refractivity contribution in [2.24, 2.45) is 0 Å². The summed E-state index contributed by atoms with van der Waals surface area (Å²) in [6, 6.07) is 13.9. The molecule has 4 rings (SSSR count). The number of hydrogen-bond acceptors (Lipinski definition) is 4. The van der Waals surface area contributed by atoms with Gasteiger partial charge in [-0.2, -0.15) is 5.10 Å². The first-order valence-electron chi connectivity index (χ1n) is 8.44. The molecule has 27 heavy (non-hydrogen) atoms. The Morgan fingerprint density at radius 1 is 1.11 bits per heavy atom. The summed E-state index contributed by atoms with van der Waals surface area (Å²) < 4.78 is 29.8. The van der Waals surface area contributed by atoms with Crippen molar-refractivity contribution >= 4 is 49.4 Å². The van der Waals surface area contributed by atoms with E-state index in [9.17, 15) is 8.42 Å². The smallest absolute Gasteiger partial charge is 0.261 e. The molecule has 6 nitrogen and oxygen atoms in total. The zero-order valence-electron chi connectivity index (χ0n) is 14.8. The van der Waals surface area contributed by atoms with Crippen LogP contribution in [0.25, 0.3) is 21.9 Å². The van der Waals surface area contributed by atoms with Gasteiger partial charge in [-0.25, -0.2) is 18.1 Å². The first kappa shape index (κ1) is 17.8. The predicted octanol–water partition coefficient (Wildman–Crippen LogP) is 4.37.